The lowest BCUT2D eigenvalue weighted by Gasteiger charge is -2.11. The van der Waals surface area contributed by atoms with E-state index in [1.54, 1.807) is 24.8 Å². The van der Waals surface area contributed by atoms with Crippen LogP contribution in [0.4, 0.5) is 9.80 Å². The predicted octanol–water partition coefficient (Wildman–Crippen LogP) is 4.49. The van der Waals surface area contributed by atoms with Crippen molar-refractivity contribution in [3.05, 3.63) is 45.8 Å². The summed E-state index contributed by atoms with van der Waals surface area (Å²) in [5.41, 5.74) is 1.86. The van der Waals surface area contributed by atoms with Crippen molar-refractivity contribution in [2.45, 2.75) is 38.0 Å². The molecule has 0 bridgehead atoms. The van der Waals surface area contributed by atoms with Crippen molar-refractivity contribution in [3.63, 3.8) is 0 Å². The van der Waals surface area contributed by atoms with Crippen LogP contribution in [0.15, 0.2) is 29.2 Å². The quantitative estimate of drug-likeness (QED) is 0.676. The highest BCUT2D eigenvalue weighted by Crippen LogP contribution is 2.39. The van der Waals surface area contributed by atoms with Crippen LogP contribution in [-0.4, -0.2) is 30.3 Å². The topological polar surface area (TPSA) is 84.5 Å². The molecule has 1 aromatic carbocycles. The van der Waals surface area contributed by atoms with Crippen molar-refractivity contribution < 1.29 is 19.1 Å². The molecule has 0 fully saturated rings. The van der Waals surface area contributed by atoms with Crippen LogP contribution >= 0.6 is 23.1 Å². The zero-order chi connectivity index (χ0) is 20.1. The molecule has 0 saturated heterocycles. The highest BCUT2D eigenvalue weighted by atomic mass is 32.2. The number of hydrogen-bond acceptors (Lipinski definition) is 6. The molecule has 1 heterocycles. The Morgan fingerprint density at radius 3 is 2.68 bits per heavy atom. The Morgan fingerprint density at radius 2 is 1.93 bits per heavy atom. The maximum absolute atomic E-state index is 12.9. The number of benzene rings is 1. The molecule has 148 valence electrons. The number of carbonyl (C=O) groups is 3. The molecule has 28 heavy (non-hydrogen) atoms. The number of thioether (sulfide) groups is 1. The maximum atomic E-state index is 12.9. The molecule has 0 radical (unpaired) electrons. The standard InChI is InChI=1S/C20H22N2O4S2/c1-3-26-20(25)22-18(24)16-12-9-7-11-15(12)28-19(16)21-17(23)13-8-5-6-10-14(13)27-4-2/h5-6,8,10H,3-4,7,9,11H2,1-2H3,(H,21,23)(H,22,24,25). The Balaban J connectivity index is 1.88. The van der Waals surface area contributed by atoms with Gasteiger partial charge in [0, 0.05) is 9.77 Å². The second-order valence-corrected chi connectivity index (χ2v) is 8.53. The number of thiophene rings is 1. The number of alkyl carbamates (subject to hydrolysis) is 1. The predicted molar refractivity (Wildman–Crippen MR) is 112 cm³/mol. The zero-order valence-electron chi connectivity index (χ0n) is 15.8. The average molecular weight is 419 g/mol. The first kappa shape index (κ1) is 20.4. The van der Waals surface area contributed by atoms with Crippen molar-refractivity contribution in [1.82, 2.24) is 5.32 Å². The fourth-order valence-electron chi connectivity index (χ4n) is 3.16. The van der Waals surface area contributed by atoms with Gasteiger partial charge in [0.25, 0.3) is 11.8 Å². The van der Waals surface area contributed by atoms with Crippen LogP contribution in [0, 0.1) is 0 Å². The summed E-state index contributed by atoms with van der Waals surface area (Å²) < 4.78 is 4.81. The van der Waals surface area contributed by atoms with Gasteiger partial charge in [-0.25, -0.2) is 4.79 Å². The molecule has 0 aliphatic heterocycles. The molecule has 0 saturated carbocycles. The number of hydrogen-bond donors (Lipinski definition) is 2. The van der Waals surface area contributed by atoms with Crippen molar-refractivity contribution in [2.24, 2.45) is 0 Å². The van der Waals surface area contributed by atoms with Crippen LogP contribution < -0.4 is 10.6 Å². The van der Waals surface area contributed by atoms with Crippen molar-refractivity contribution in [3.8, 4) is 0 Å². The first-order chi connectivity index (χ1) is 13.5. The van der Waals surface area contributed by atoms with Gasteiger partial charge in [-0.15, -0.1) is 23.1 Å². The lowest BCUT2D eigenvalue weighted by atomic mass is 10.1. The van der Waals surface area contributed by atoms with E-state index in [4.69, 9.17) is 4.74 Å². The van der Waals surface area contributed by atoms with Crippen molar-refractivity contribution in [1.29, 1.82) is 0 Å². The van der Waals surface area contributed by atoms with E-state index in [2.05, 4.69) is 10.6 Å². The third kappa shape index (κ3) is 4.39. The first-order valence-electron chi connectivity index (χ1n) is 9.20. The Morgan fingerprint density at radius 1 is 1.14 bits per heavy atom. The summed E-state index contributed by atoms with van der Waals surface area (Å²) in [4.78, 5) is 39.2. The summed E-state index contributed by atoms with van der Waals surface area (Å²) in [6.07, 6.45) is 1.81. The van der Waals surface area contributed by atoms with E-state index in [9.17, 15) is 14.4 Å². The molecular formula is C20H22N2O4S2. The molecule has 0 atom stereocenters. The Kier molecular flexibility index (Phi) is 6.74. The van der Waals surface area contributed by atoms with Gasteiger partial charge in [-0.2, -0.15) is 0 Å². The van der Waals surface area contributed by atoms with Gasteiger partial charge < -0.3 is 10.1 Å². The van der Waals surface area contributed by atoms with Crippen LogP contribution in [0.3, 0.4) is 0 Å². The Hall–Kier alpha value is -2.32. The van der Waals surface area contributed by atoms with E-state index >= 15 is 0 Å². The van der Waals surface area contributed by atoms with Crippen molar-refractivity contribution >= 4 is 46.0 Å². The molecule has 3 amide bonds. The summed E-state index contributed by atoms with van der Waals surface area (Å²) in [6.45, 7) is 3.88. The Bertz CT molecular complexity index is 908. The lowest BCUT2D eigenvalue weighted by molar-refractivity contribution is 0.0925. The summed E-state index contributed by atoms with van der Waals surface area (Å²) in [7, 11) is 0. The largest absolute Gasteiger partial charge is 0.450 e. The first-order valence-corrected chi connectivity index (χ1v) is 11.0. The van der Waals surface area contributed by atoms with Gasteiger partial charge in [0.15, 0.2) is 0 Å². The summed E-state index contributed by atoms with van der Waals surface area (Å²) in [5.74, 6) is 0.0520. The van der Waals surface area contributed by atoms with Crippen LogP contribution in [0.2, 0.25) is 0 Å². The van der Waals surface area contributed by atoms with Crippen LogP contribution in [-0.2, 0) is 17.6 Å². The molecule has 6 nitrogen and oxygen atoms in total. The van der Waals surface area contributed by atoms with E-state index in [0.29, 0.717) is 16.1 Å². The summed E-state index contributed by atoms with van der Waals surface area (Å²) in [6, 6.07) is 7.39. The number of amides is 3. The van der Waals surface area contributed by atoms with Gasteiger partial charge in [-0.05, 0) is 49.6 Å². The zero-order valence-corrected chi connectivity index (χ0v) is 17.4. The third-order valence-electron chi connectivity index (χ3n) is 4.30. The minimum Gasteiger partial charge on any atom is -0.450 e. The molecular weight excluding hydrogens is 396 g/mol. The molecule has 0 unspecified atom stereocenters. The number of fused-ring (bicyclic) bond motifs is 1. The second-order valence-electron chi connectivity index (χ2n) is 6.12. The molecule has 2 N–H and O–H groups in total. The number of rotatable bonds is 6. The summed E-state index contributed by atoms with van der Waals surface area (Å²) >= 11 is 3.00. The van der Waals surface area contributed by atoms with Gasteiger partial charge in [-0.3, -0.25) is 14.9 Å². The molecule has 0 spiro atoms. The monoisotopic (exact) mass is 418 g/mol. The highest BCUT2D eigenvalue weighted by molar-refractivity contribution is 7.99. The molecule has 3 rings (SSSR count). The number of anilines is 1. The smallest absolute Gasteiger partial charge is 0.414 e. The Labute approximate surface area is 172 Å². The van der Waals surface area contributed by atoms with Crippen molar-refractivity contribution in [2.75, 3.05) is 17.7 Å². The van der Waals surface area contributed by atoms with Gasteiger partial charge in [-0.1, -0.05) is 19.1 Å². The van der Waals surface area contributed by atoms with Crippen LogP contribution in [0.5, 0.6) is 0 Å². The number of aryl methyl sites for hydroxylation is 1. The number of ether oxygens (including phenoxy) is 1. The molecule has 1 aliphatic carbocycles. The normalized spacial score (nSPS) is 12.4. The molecule has 8 heteroatoms. The van der Waals surface area contributed by atoms with E-state index in [1.165, 1.54) is 11.3 Å². The van der Waals surface area contributed by atoms with Gasteiger partial charge >= 0.3 is 6.09 Å². The molecule has 2 aromatic rings. The maximum Gasteiger partial charge on any atom is 0.414 e. The fraction of sp³-hybridized carbons (Fsp3) is 0.350. The fourth-order valence-corrected chi connectivity index (χ4v) is 5.24. The van der Waals surface area contributed by atoms with Gasteiger partial charge in [0.1, 0.15) is 5.00 Å². The SMILES string of the molecule is CCOC(=O)NC(=O)c1c(NC(=O)c2ccccc2SCC)sc2c1CCC2. The second kappa shape index (κ2) is 9.25. The van der Waals surface area contributed by atoms with E-state index in [1.807, 2.05) is 25.1 Å². The minimum atomic E-state index is -0.785. The molecule has 1 aromatic heterocycles. The van der Waals surface area contributed by atoms with Gasteiger partial charge in [0.05, 0.1) is 17.7 Å². The van der Waals surface area contributed by atoms with E-state index in [-0.39, 0.29) is 12.5 Å². The summed E-state index contributed by atoms with van der Waals surface area (Å²) in [5, 5.41) is 5.62. The minimum absolute atomic E-state index is 0.177. The number of carbonyl (C=O) groups excluding carboxylic acids is 3. The number of nitrogens with one attached hydrogen (secondary N) is 2. The lowest BCUT2D eigenvalue weighted by Crippen LogP contribution is -2.32. The average Bonchev–Trinajstić information content (AvgIpc) is 3.23. The number of imide groups is 1. The van der Waals surface area contributed by atoms with Crippen LogP contribution in [0.25, 0.3) is 0 Å². The highest BCUT2D eigenvalue weighted by Gasteiger charge is 2.29. The van der Waals surface area contributed by atoms with E-state index < -0.39 is 12.0 Å². The van der Waals surface area contributed by atoms with E-state index in [0.717, 1.165) is 40.4 Å². The molecule has 1 aliphatic rings. The van der Waals surface area contributed by atoms with Crippen LogP contribution in [0.1, 0.15) is 51.4 Å². The third-order valence-corrected chi connectivity index (χ3v) is 6.46. The van der Waals surface area contributed by atoms with Gasteiger partial charge in [0.2, 0.25) is 0 Å².